The molecule has 5 heteroatoms. The van der Waals surface area contributed by atoms with E-state index in [1.165, 1.54) is 0 Å². The van der Waals surface area contributed by atoms with E-state index in [1.54, 1.807) is 12.5 Å². The smallest absolute Gasteiger partial charge is 0.152 e. The molecule has 0 saturated carbocycles. The summed E-state index contributed by atoms with van der Waals surface area (Å²) in [5.41, 5.74) is 9.63. The number of hydrogen-bond acceptors (Lipinski definition) is 4. The summed E-state index contributed by atoms with van der Waals surface area (Å²) in [5.74, 6) is 0.462. The first-order valence-corrected chi connectivity index (χ1v) is 6.72. The number of para-hydroxylation sites is 1. The van der Waals surface area contributed by atoms with Gasteiger partial charge >= 0.3 is 0 Å². The summed E-state index contributed by atoms with van der Waals surface area (Å²) in [4.78, 5) is 13.2. The Hall–Kier alpha value is -2.95. The van der Waals surface area contributed by atoms with Crippen molar-refractivity contribution in [3.63, 3.8) is 0 Å². The summed E-state index contributed by atoms with van der Waals surface area (Å²) in [6, 6.07) is 13.8. The highest BCUT2D eigenvalue weighted by Gasteiger charge is 2.12. The van der Waals surface area contributed by atoms with E-state index in [2.05, 4.69) is 19.5 Å². The monoisotopic (exact) mass is 275 g/mol. The van der Waals surface area contributed by atoms with Crippen molar-refractivity contribution >= 4 is 27.8 Å². The number of imidazole rings is 1. The predicted octanol–water partition coefficient (Wildman–Crippen LogP) is 2.61. The molecule has 0 spiro atoms. The molecule has 102 valence electrons. The van der Waals surface area contributed by atoms with Crippen molar-refractivity contribution in [3.8, 4) is 0 Å². The molecule has 0 saturated heterocycles. The minimum Gasteiger partial charge on any atom is -0.382 e. The molecule has 0 atom stereocenters. The van der Waals surface area contributed by atoms with Crippen LogP contribution in [0.5, 0.6) is 0 Å². The Morgan fingerprint density at radius 3 is 2.71 bits per heavy atom. The van der Waals surface area contributed by atoms with E-state index in [4.69, 9.17) is 5.73 Å². The van der Waals surface area contributed by atoms with Crippen molar-refractivity contribution in [1.82, 2.24) is 19.5 Å². The van der Waals surface area contributed by atoms with Crippen molar-refractivity contribution in [2.45, 2.75) is 6.54 Å². The molecule has 0 amide bonds. The van der Waals surface area contributed by atoms with Crippen molar-refractivity contribution in [3.05, 3.63) is 60.7 Å². The predicted molar refractivity (Wildman–Crippen MR) is 82.8 cm³/mol. The number of anilines is 1. The summed E-state index contributed by atoms with van der Waals surface area (Å²) in [5, 5.41) is 1.05. The van der Waals surface area contributed by atoms with Gasteiger partial charge in [-0.3, -0.25) is 4.98 Å². The van der Waals surface area contributed by atoms with Gasteiger partial charge in [-0.05, 0) is 18.2 Å². The van der Waals surface area contributed by atoms with Crippen molar-refractivity contribution in [2.24, 2.45) is 0 Å². The third-order valence-electron chi connectivity index (χ3n) is 3.54. The zero-order chi connectivity index (χ0) is 14.2. The fourth-order valence-electron chi connectivity index (χ4n) is 2.59. The van der Waals surface area contributed by atoms with E-state index in [1.807, 2.05) is 42.5 Å². The molecular formula is C16H13N5. The van der Waals surface area contributed by atoms with Crippen molar-refractivity contribution in [2.75, 3.05) is 5.73 Å². The van der Waals surface area contributed by atoms with Gasteiger partial charge < -0.3 is 10.3 Å². The van der Waals surface area contributed by atoms with Gasteiger partial charge in [0.25, 0.3) is 0 Å². The minimum atomic E-state index is 0.462. The molecule has 0 aliphatic carbocycles. The second kappa shape index (κ2) is 4.56. The lowest BCUT2D eigenvalue weighted by Gasteiger charge is -2.07. The molecule has 4 aromatic rings. The zero-order valence-electron chi connectivity index (χ0n) is 11.3. The summed E-state index contributed by atoms with van der Waals surface area (Å²) in [6.45, 7) is 0.658. The highest BCUT2D eigenvalue weighted by atomic mass is 15.1. The van der Waals surface area contributed by atoms with Crippen LogP contribution in [0, 0.1) is 0 Å². The fraction of sp³-hybridized carbons (Fsp3) is 0.0625. The molecule has 0 radical (unpaired) electrons. The molecule has 1 aromatic carbocycles. The van der Waals surface area contributed by atoms with Crippen LogP contribution in [0.15, 0.2) is 55.0 Å². The highest BCUT2D eigenvalue weighted by Crippen LogP contribution is 2.27. The normalized spacial score (nSPS) is 11.2. The van der Waals surface area contributed by atoms with Crippen LogP contribution in [0.1, 0.15) is 5.69 Å². The number of nitrogens with two attached hydrogens (primary N) is 1. The first-order valence-electron chi connectivity index (χ1n) is 6.72. The molecule has 0 aliphatic rings. The topological polar surface area (TPSA) is 69.6 Å². The van der Waals surface area contributed by atoms with Gasteiger partial charge in [-0.1, -0.05) is 24.3 Å². The molecule has 21 heavy (non-hydrogen) atoms. The third-order valence-corrected chi connectivity index (χ3v) is 3.54. The lowest BCUT2D eigenvalue weighted by atomic mass is 10.2. The molecular weight excluding hydrogens is 262 g/mol. The molecule has 0 unspecified atom stereocenters. The molecule has 2 N–H and O–H groups in total. The van der Waals surface area contributed by atoms with Gasteiger partial charge in [0.05, 0.1) is 29.6 Å². The van der Waals surface area contributed by atoms with Crippen LogP contribution in [0.2, 0.25) is 0 Å². The number of nitrogens with zero attached hydrogens (tertiary/aromatic N) is 4. The molecule has 3 heterocycles. The SMILES string of the molecule is Nc1nc2ccccc2c2c1ncn2Cc1ccccn1. The van der Waals surface area contributed by atoms with E-state index in [0.29, 0.717) is 12.4 Å². The standard InChI is InChI=1S/C16H13N5/c17-16-14-15(12-6-1-2-7-13(12)20-16)21(10-19-14)9-11-5-3-4-8-18-11/h1-8,10H,9H2,(H2,17,20). The quantitative estimate of drug-likeness (QED) is 0.610. The van der Waals surface area contributed by atoms with E-state index >= 15 is 0 Å². The number of rotatable bonds is 2. The number of nitrogen functional groups attached to an aromatic ring is 1. The van der Waals surface area contributed by atoms with Crippen LogP contribution in [0.4, 0.5) is 5.82 Å². The Morgan fingerprint density at radius 1 is 1.00 bits per heavy atom. The Balaban J connectivity index is 1.98. The van der Waals surface area contributed by atoms with Crippen LogP contribution < -0.4 is 5.73 Å². The Labute approximate surface area is 121 Å². The second-order valence-electron chi connectivity index (χ2n) is 4.90. The third kappa shape index (κ3) is 1.90. The van der Waals surface area contributed by atoms with Crippen LogP contribution in [-0.4, -0.2) is 19.5 Å². The van der Waals surface area contributed by atoms with Crippen molar-refractivity contribution in [1.29, 1.82) is 0 Å². The van der Waals surface area contributed by atoms with E-state index in [0.717, 1.165) is 27.6 Å². The second-order valence-corrected chi connectivity index (χ2v) is 4.90. The Kier molecular flexibility index (Phi) is 2.57. The van der Waals surface area contributed by atoms with E-state index in [9.17, 15) is 0 Å². The van der Waals surface area contributed by atoms with Gasteiger partial charge in [-0.2, -0.15) is 0 Å². The summed E-state index contributed by atoms with van der Waals surface area (Å²) < 4.78 is 2.07. The average Bonchev–Trinajstić information content (AvgIpc) is 2.93. The Bertz CT molecular complexity index is 927. The van der Waals surface area contributed by atoms with Gasteiger partial charge in [0.2, 0.25) is 0 Å². The van der Waals surface area contributed by atoms with E-state index in [-0.39, 0.29) is 0 Å². The zero-order valence-corrected chi connectivity index (χ0v) is 11.3. The number of aromatic nitrogens is 4. The largest absolute Gasteiger partial charge is 0.382 e. The first kappa shape index (κ1) is 11.8. The maximum absolute atomic E-state index is 6.03. The van der Waals surface area contributed by atoms with Crippen molar-refractivity contribution < 1.29 is 0 Å². The van der Waals surface area contributed by atoms with Gasteiger partial charge in [0.15, 0.2) is 5.82 Å². The van der Waals surface area contributed by atoms with Gasteiger partial charge in [-0.25, -0.2) is 9.97 Å². The fourth-order valence-corrected chi connectivity index (χ4v) is 2.59. The summed E-state index contributed by atoms with van der Waals surface area (Å²) in [7, 11) is 0. The van der Waals surface area contributed by atoms with Gasteiger partial charge in [-0.15, -0.1) is 0 Å². The molecule has 3 aromatic heterocycles. The molecule has 0 fully saturated rings. The van der Waals surface area contributed by atoms with Crippen LogP contribution in [0.3, 0.4) is 0 Å². The number of hydrogen-bond donors (Lipinski definition) is 1. The first-order chi connectivity index (χ1) is 10.3. The Morgan fingerprint density at radius 2 is 1.86 bits per heavy atom. The van der Waals surface area contributed by atoms with Gasteiger partial charge in [0, 0.05) is 11.6 Å². The molecule has 4 rings (SSSR count). The lowest BCUT2D eigenvalue weighted by molar-refractivity contribution is 0.799. The highest BCUT2D eigenvalue weighted by molar-refractivity contribution is 6.06. The number of pyridine rings is 2. The molecule has 0 bridgehead atoms. The van der Waals surface area contributed by atoms with Crippen LogP contribution >= 0.6 is 0 Å². The number of fused-ring (bicyclic) bond motifs is 3. The lowest BCUT2D eigenvalue weighted by Crippen LogP contribution is -2.01. The summed E-state index contributed by atoms with van der Waals surface area (Å²) >= 11 is 0. The van der Waals surface area contributed by atoms with Crippen LogP contribution in [-0.2, 0) is 6.54 Å². The maximum atomic E-state index is 6.03. The summed E-state index contributed by atoms with van der Waals surface area (Å²) in [6.07, 6.45) is 3.59. The minimum absolute atomic E-state index is 0.462. The molecule has 5 nitrogen and oxygen atoms in total. The number of benzene rings is 1. The average molecular weight is 275 g/mol. The maximum Gasteiger partial charge on any atom is 0.152 e. The molecule has 0 aliphatic heterocycles. The van der Waals surface area contributed by atoms with Gasteiger partial charge in [0.1, 0.15) is 5.52 Å². The van der Waals surface area contributed by atoms with E-state index < -0.39 is 0 Å². The van der Waals surface area contributed by atoms with Crippen LogP contribution in [0.25, 0.3) is 21.9 Å².